The van der Waals surface area contributed by atoms with E-state index in [1.54, 1.807) is 17.0 Å². The van der Waals surface area contributed by atoms with Crippen molar-refractivity contribution in [2.45, 2.75) is 33.2 Å². The predicted molar refractivity (Wildman–Crippen MR) is 102 cm³/mol. The second-order valence-electron chi connectivity index (χ2n) is 6.55. The maximum Gasteiger partial charge on any atom is 0.265 e. The van der Waals surface area contributed by atoms with E-state index < -0.39 is 0 Å². The molecular formula is C21H24N2O3. The van der Waals surface area contributed by atoms with E-state index in [9.17, 15) is 9.59 Å². The summed E-state index contributed by atoms with van der Waals surface area (Å²) in [6.45, 7) is 5.28. The van der Waals surface area contributed by atoms with Crippen LogP contribution in [0.5, 0.6) is 5.75 Å². The topological polar surface area (TPSA) is 58.6 Å². The molecule has 1 N–H and O–H groups in total. The number of rotatable bonds is 6. The fourth-order valence-electron chi connectivity index (χ4n) is 2.91. The van der Waals surface area contributed by atoms with Crippen molar-refractivity contribution in [3.63, 3.8) is 0 Å². The Morgan fingerprint density at radius 3 is 2.69 bits per heavy atom. The van der Waals surface area contributed by atoms with Crippen molar-refractivity contribution in [3.8, 4) is 5.75 Å². The minimum Gasteiger partial charge on any atom is -0.482 e. The third kappa shape index (κ3) is 4.04. The summed E-state index contributed by atoms with van der Waals surface area (Å²) in [6.07, 6.45) is 2.02. The Bertz CT molecular complexity index is 799. The van der Waals surface area contributed by atoms with Gasteiger partial charge in [0.1, 0.15) is 5.75 Å². The Labute approximate surface area is 154 Å². The Hall–Kier alpha value is -2.82. The number of carbonyl (C=O) groups excluding carboxylic acids is 2. The smallest absolute Gasteiger partial charge is 0.265 e. The molecule has 2 amide bonds. The molecule has 0 radical (unpaired) electrons. The number of fused-ring (bicyclic) bond motifs is 1. The van der Waals surface area contributed by atoms with Crippen LogP contribution in [0.15, 0.2) is 42.5 Å². The summed E-state index contributed by atoms with van der Waals surface area (Å²) >= 11 is 0. The highest BCUT2D eigenvalue weighted by atomic mass is 16.5. The number of nitrogens with one attached hydrogen (secondary N) is 1. The van der Waals surface area contributed by atoms with Crippen molar-refractivity contribution in [1.29, 1.82) is 0 Å². The van der Waals surface area contributed by atoms with E-state index in [0.29, 0.717) is 18.7 Å². The van der Waals surface area contributed by atoms with Gasteiger partial charge in [-0.05, 0) is 48.7 Å². The van der Waals surface area contributed by atoms with Crippen LogP contribution in [-0.2, 0) is 11.3 Å². The van der Waals surface area contributed by atoms with Gasteiger partial charge < -0.3 is 15.0 Å². The lowest BCUT2D eigenvalue weighted by Crippen LogP contribution is -2.38. The van der Waals surface area contributed by atoms with Crippen molar-refractivity contribution in [2.75, 3.05) is 18.1 Å². The van der Waals surface area contributed by atoms with E-state index in [-0.39, 0.29) is 18.4 Å². The van der Waals surface area contributed by atoms with Crippen LogP contribution in [0.25, 0.3) is 0 Å². The van der Waals surface area contributed by atoms with Crippen LogP contribution < -0.4 is 15.0 Å². The summed E-state index contributed by atoms with van der Waals surface area (Å²) in [5, 5.41) is 2.91. The van der Waals surface area contributed by atoms with Gasteiger partial charge in [-0.15, -0.1) is 0 Å². The van der Waals surface area contributed by atoms with Crippen LogP contribution in [0, 0.1) is 6.92 Å². The number of hydrogen-bond acceptors (Lipinski definition) is 3. The first kappa shape index (κ1) is 18.0. The summed E-state index contributed by atoms with van der Waals surface area (Å²) in [4.78, 5) is 26.1. The first-order valence-electron chi connectivity index (χ1n) is 8.99. The lowest BCUT2D eigenvalue weighted by Gasteiger charge is -2.29. The SMILES string of the molecule is CCCCNC(=O)c1ccc(CN2C(=O)COc3cc(C)ccc32)cc1. The van der Waals surface area contributed by atoms with E-state index >= 15 is 0 Å². The van der Waals surface area contributed by atoms with Crippen LogP contribution in [0.2, 0.25) is 0 Å². The Morgan fingerprint density at radius 1 is 1.19 bits per heavy atom. The third-order valence-corrected chi connectivity index (χ3v) is 4.43. The molecule has 2 aromatic carbocycles. The monoisotopic (exact) mass is 352 g/mol. The van der Waals surface area contributed by atoms with Crippen LogP contribution in [-0.4, -0.2) is 25.0 Å². The lowest BCUT2D eigenvalue weighted by molar-refractivity contribution is -0.121. The Kier molecular flexibility index (Phi) is 5.56. The van der Waals surface area contributed by atoms with Gasteiger partial charge in [0.15, 0.2) is 6.61 Å². The largest absolute Gasteiger partial charge is 0.482 e. The van der Waals surface area contributed by atoms with Crippen LogP contribution in [0.3, 0.4) is 0 Å². The van der Waals surface area contributed by atoms with Crippen molar-refractivity contribution in [1.82, 2.24) is 5.32 Å². The van der Waals surface area contributed by atoms with E-state index in [1.807, 2.05) is 37.3 Å². The molecule has 0 aliphatic carbocycles. The predicted octanol–water partition coefficient (Wildman–Crippen LogP) is 3.45. The molecule has 0 saturated heterocycles. The zero-order valence-corrected chi connectivity index (χ0v) is 15.2. The molecule has 2 aromatic rings. The molecule has 0 spiro atoms. The van der Waals surface area contributed by atoms with Gasteiger partial charge in [-0.1, -0.05) is 31.5 Å². The van der Waals surface area contributed by atoms with Gasteiger partial charge in [-0.2, -0.15) is 0 Å². The van der Waals surface area contributed by atoms with Gasteiger partial charge in [0.05, 0.1) is 12.2 Å². The minimum absolute atomic E-state index is 0.0500. The lowest BCUT2D eigenvalue weighted by atomic mass is 10.1. The normalized spacial score (nSPS) is 13.2. The molecule has 3 rings (SSSR count). The summed E-state index contributed by atoms with van der Waals surface area (Å²) in [5.74, 6) is 0.604. The van der Waals surface area contributed by atoms with Gasteiger partial charge >= 0.3 is 0 Å². The molecule has 0 fully saturated rings. The van der Waals surface area contributed by atoms with Gasteiger partial charge in [-0.3, -0.25) is 9.59 Å². The number of anilines is 1. The molecule has 5 heteroatoms. The van der Waals surface area contributed by atoms with Crippen LogP contribution >= 0.6 is 0 Å². The fourth-order valence-corrected chi connectivity index (χ4v) is 2.91. The highest BCUT2D eigenvalue weighted by molar-refractivity contribution is 5.98. The number of ether oxygens (including phenoxy) is 1. The van der Waals surface area contributed by atoms with Crippen LogP contribution in [0.1, 0.15) is 41.3 Å². The van der Waals surface area contributed by atoms with E-state index in [4.69, 9.17) is 4.74 Å². The summed E-state index contributed by atoms with van der Waals surface area (Å²) in [5.41, 5.74) is 3.48. The molecule has 0 saturated carbocycles. The van der Waals surface area contributed by atoms with Crippen molar-refractivity contribution >= 4 is 17.5 Å². The van der Waals surface area contributed by atoms with E-state index in [1.165, 1.54) is 0 Å². The Balaban J connectivity index is 1.71. The molecule has 26 heavy (non-hydrogen) atoms. The number of unbranched alkanes of at least 4 members (excludes halogenated alkanes) is 1. The number of hydrogen-bond donors (Lipinski definition) is 1. The zero-order chi connectivity index (χ0) is 18.5. The number of amides is 2. The van der Waals surface area contributed by atoms with Crippen molar-refractivity contribution in [2.24, 2.45) is 0 Å². The molecule has 1 aliphatic heterocycles. The average molecular weight is 352 g/mol. The first-order chi connectivity index (χ1) is 12.6. The minimum atomic E-state index is -0.0669. The summed E-state index contributed by atoms with van der Waals surface area (Å²) < 4.78 is 5.54. The van der Waals surface area contributed by atoms with Gasteiger partial charge in [0.25, 0.3) is 11.8 Å². The molecule has 1 aliphatic rings. The average Bonchev–Trinajstić information content (AvgIpc) is 2.64. The number of carbonyl (C=O) groups is 2. The maximum absolute atomic E-state index is 12.3. The molecular weight excluding hydrogens is 328 g/mol. The molecule has 0 atom stereocenters. The quantitative estimate of drug-likeness (QED) is 0.810. The molecule has 0 bridgehead atoms. The fraction of sp³-hybridized carbons (Fsp3) is 0.333. The number of benzene rings is 2. The maximum atomic E-state index is 12.3. The highest BCUT2D eigenvalue weighted by Gasteiger charge is 2.25. The highest BCUT2D eigenvalue weighted by Crippen LogP contribution is 2.33. The van der Waals surface area contributed by atoms with Gasteiger partial charge in [-0.25, -0.2) is 0 Å². The second-order valence-corrected chi connectivity index (χ2v) is 6.55. The first-order valence-corrected chi connectivity index (χ1v) is 8.99. The van der Waals surface area contributed by atoms with Crippen molar-refractivity contribution in [3.05, 3.63) is 59.2 Å². The van der Waals surface area contributed by atoms with E-state index in [0.717, 1.165) is 35.4 Å². The van der Waals surface area contributed by atoms with Gasteiger partial charge in [0.2, 0.25) is 0 Å². The molecule has 1 heterocycles. The number of aryl methyl sites for hydroxylation is 1. The van der Waals surface area contributed by atoms with Crippen molar-refractivity contribution < 1.29 is 14.3 Å². The van der Waals surface area contributed by atoms with Gasteiger partial charge in [0, 0.05) is 12.1 Å². The van der Waals surface area contributed by atoms with Crippen LogP contribution in [0.4, 0.5) is 5.69 Å². The molecule has 0 unspecified atom stereocenters. The van der Waals surface area contributed by atoms with E-state index in [2.05, 4.69) is 12.2 Å². The zero-order valence-electron chi connectivity index (χ0n) is 15.2. The standard InChI is InChI=1S/C21H24N2O3/c1-3-4-11-22-21(25)17-8-6-16(7-9-17)13-23-18-10-5-15(2)12-19(18)26-14-20(23)24/h5-10,12H,3-4,11,13-14H2,1-2H3,(H,22,25). The molecule has 0 aromatic heterocycles. The number of nitrogens with zero attached hydrogens (tertiary/aromatic N) is 1. The Morgan fingerprint density at radius 2 is 1.96 bits per heavy atom. The third-order valence-electron chi connectivity index (χ3n) is 4.43. The molecule has 5 nitrogen and oxygen atoms in total. The second kappa shape index (κ2) is 8.04. The summed E-state index contributed by atoms with van der Waals surface area (Å²) in [7, 11) is 0. The summed E-state index contributed by atoms with van der Waals surface area (Å²) in [6, 6.07) is 13.2. The molecule has 136 valence electrons.